The van der Waals surface area contributed by atoms with Gasteiger partial charge in [0.15, 0.2) is 0 Å². The van der Waals surface area contributed by atoms with Gasteiger partial charge in [0, 0.05) is 24.7 Å². The van der Waals surface area contributed by atoms with Gasteiger partial charge in [-0.1, -0.05) is 35.5 Å². The number of non-ortho nitro benzene ring substituents is 1. The van der Waals surface area contributed by atoms with E-state index in [1.54, 1.807) is 0 Å². The summed E-state index contributed by atoms with van der Waals surface area (Å²) in [5.74, 6) is 0.481. The molecule has 0 N–H and O–H groups in total. The Bertz CT molecular complexity index is 1090. The van der Waals surface area contributed by atoms with Crippen LogP contribution in [-0.4, -0.2) is 34.8 Å². The van der Waals surface area contributed by atoms with Gasteiger partial charge in [-0.25, -0.2) is 8.42 Å². The Kier molecular flexibility index (Phi) is 5.02. The summed E-state index contributed by atoms with van der Waals surface area (Å²) in [5, 5.41) is 14.8. The van der Waals surface area contributed by atoms with Crippen molar-refractivity contribution >= 4 is 15.7 Å². The number of hydrogen-bond donors (Lipinski definition) is 0. The molecule has 0 aliphatic rings. The van der Waals surface area contributed by atoms with Crippen molar-refractivity contribution in [2.24, 2.45) is 0 Å². The van der Waals surface area contributed by atoms with Crippen molar-refractivity contribution < 1.29 is 17.9 Å². The molecular weight excluding hydrogens is 372 g/mol. The number of rotatable bonds is 6. The molecule has 0 saturated carbocycles. The number of sulfonamides is 1. The fourth-order valence-electron chi connectivity index (χ4n) is 2.47. The van der Waals surface area contributed by atoms with Crippen LogP contribution in [0.1, 0.15) is 11.5 Å². The molecule has 10 heteroatoms. The molecule has 3 rings (SSSR count). The third-order valence-corrected chi connectivity index (χ3v) is 5.75. The molecule has 0 bridgehead atoms. The van der Waals surface area contributed by atoms with Crippen LogP contribution in [0.2, 0.25) is 0 Å². The van der Waals surface area contributed by atoms with Crippen molar-refractivity contribution in [1.29, 1.82) is 0 Å². The lowest BCUT2D eigenvalue weighted by atomic mass is 10.1. The maximum absolute atomic E-state index is 12.7. The minimum atomic E-state index is -3.96. The van der Waals surface area contributed by atoms with Crippen molar-refractivity contribution in [2.75, 3.05) is 7.05 Å². The fourth-order valence-corrected chi connectivity index (χ4v) is 3.63. The molecule has 0 spiro atoms. The van der Waals surface area contributed by atoms with E-state index in [-0.39, 0.29) is 23.0 Å². The summed E-state index contributed by atoms with van der Waals surface area (Å²) < 4.78 is 31.5. The number of nitrogens with zero attached hydrogens (tertiary/aromatic N) is 4. The SMILES string of the molecule is Cc1ccccc1-c1noc(CN(C)S(=O)(=O)c2cccc([N+](=O)[O-])c2)n1. The van der Waals surface area contributed by atoms with Crippen LogP contribution in [0.25, 0.3) is 11.4 Å². The summed E-state index contributed by atoms with van der Waals surface area (Å²) in [6.07, 6.45) is 0. The lowest BCUT2D eigenvalue weighted by Crippen LogP contribution is -2.26. The summed E-state index contributed by atoms with van der Waals surface area (Å²) in [5.41, 5.74) is 1.45. The van der Waals surface area contributed by atoms with Gasteiger partial charge in [0.25, 0.3) is 5.69 Å². The van der Waals surface area contributed by atoms with E-state index in [4.69, 9.17) is 4.52 Å². The van der Waals surface area contributed by atoms with Gasteiger partial charge < -0.3 is 4.52 Å². The van der Waals surface area contributed by atoms with E-state index in [0.29, 0.717) is 5.82 Å². The maximum Gasteiger partial charge on any atom is 0.270 e. The molecule has 0 aliphatic heterocycles. The molecule has 0 unspecified atom stereocenters. The molecule has 0 aliphatic carbocycles. The van der Waals surface area contributed by atoms with E-state index < -0.39 is 14.9 Å². The Morgan fingerprint density at radius 3 is 2.63 bits per heavy atom. The molecule has 2 aromatic carbocycles. The van der Waals surface area contributed by atoms with Crippen LogP contribution in [0, 0.1) is 17.0 Å². The Morgan fingerprint density at radius 1 is 1.19 bits per heavy atom. The second-order valence-electron chi connectivity index (χ2n) is 5.84. The maximum atomic E-state index is 12.7. The Balaban J connectivity index is 1.83. The second-order valence-corrected chi connectivity index (χ2v) is 7.89. The number of benzene rings is 2. The van der Waals surface area contributed by atoms with Crippen LogP contribution < -0.4 is 0 Å². The zero-order chi connectivity index (χ0) is 19.6. The average Bonchev–Trinajstić information content (AvgIpc) is 3.10. The van der Waals surface area contributed by atoms with Crippen molar-refractivity contribution in [3.63, 3.8) is 0 Å². The second kappa shape index (κ2) is 7.25. The standard InChI is InChI=1S/C17H16N4O5S/c1-12-6-3-4-9-15(12)17-18-16(26-19-17)11-20(2)27(24,25)14-8-5-7-13(10-14)21(22)23/h3-10H,11H2,1-2H3. The van der Waals surface area contributed by atoms with Crippen LogP contribution in [0.5, 0.6) is 0 Å². The highest BCUT2D eigenvalue weighted by Crippen LogP contribution is 2.23. The summed E-state index contributed by atoms with van der Waals surface area (Å²) in [7, 11) is -2.62. The van der Waals surface area contributed by atoms with Gasteiger partial charge in [0.1, 0.15) is 0 Å². The number of nitro groups is 1. The molecule has 0 saturated heterocycles. The van der Waals surface area contributed by atoms with Gasteiger partial charge in [-0.3, -0.25) is 10.1 Å². The first-order valence-corrected chi connectivity index (χ1v) is 9.32. The molecule has 140 valence electrons. The van der Waals surface area contributed by atoms with Crippen molar-refractivity contribution in [3.8, 4) is 11.4 Å². The first-order valence-electron chi connectivity index (χ1n) is 7.88. The predicted octanol–water partition coefficient (Wildman–Crippen LogP) is 2.77. The lowest BCUT2D eigenvalue weighted by Gasteiger charge is -2.14. The van der Waals surface area contributed by atoms with E-state index in [1.807, 2.05) is 31.2 Å². The van der Waals surface area contributed by atoms with Crippen LogP contribution in [0.4, 0.5) is 5.69 Å². The van der Waals surface area contributed by atoms with Gasteiger partial charge in [0.2, 0.25) is 21.7 Å². The fraction of sp³-hybridized carbons (Fsp3) is 0.176. The van der Waals surface area contributed by atoms with Crippen LogP contribution in [0.3, 0.4) is 0 Å². The number of nitro benzene ring substituents is 1. The molecular formula is C17H16N4O5S. The van der Waals surface area contributed by atoms with E-state index in [9.17, 15) is 18.5 Å². The molecule has 27 heavy (non-hydrogen) atoms. The highest BCUT2D eigenvalue weighted by Gasteiger charge is 2.25. The average molecular weight is 388 g/mol. The van der Waals surface area contributed by atoms with Crippen LogP contribution in [0.15, 0.2) is 57.9 Å². The van der Waals surface area contributed by atoms with Crippen molar-refractivity contribution in [3.05, 3.63) is 70.1 Å². The highest BCUT2D eigenvalue weighted by molar-refractivity contribution is 7.89. The summed E-state index contributed by atoms with van der Waals surface area (Å²) in [6.45, 7) is 1.74. The summed E-state index contributed by atoms with van der Waals surface area (Å²) in [4.78, 5) is 14.3. The first kappa shape index (κ1) is 18.7. The molecule has 3 aromatic rings. The van der Waals surface area contributed by atoms with Crippen molar-refractivity contribution in [2.45, 2.75) is 18.4 Å². The van der Waals surface area contributed by atoms with E-state index in [2.05, 4.69) is 10.1 Å². The molecule has 1 aromatic heterocycles. The Morgan fingerprint density at radius 2 is 1.93 bits per heavy atom. The molecule has 9 nitrogen and oxygen atoms in total. The number of hydrogen-bond acceptors (Lipinski definition) is 7. The van der Waals surface area contributed by atoms with Gasteiger partial charge >= 0.3 is 0 Å². The zero-order valence-electron chi connectivity index (χ0n) is 14.6. The number of aryl methyl sites for hydroxylation is 1. The third kappa shape index (κ3) is 3.86. The molecule has 0 atom stereocenters. The van der Waals surface area contributed by atoms with E-state index in [0.717, 1.165) is 21.5 Å². The van der Waals surface area contributed by atoms with Gasteiger partial charge in [-0.2, -0.15) is 9.29 Å². The van der Waals surface area contributed by atoms with Gasteiger partial charge in [-0.15, -0.1) is 0 Å². The van der Waals surface area contributed by atoms with Crippen LogP contribution in [-0.2, 0) is 16.6 Å². The molecule has 1 heterocycles. The topological polar surface area (TPSA) is 119 Å². The lowest BCUT2D eigenvalue weighted by molar-refractivity contribution is -0.385. The molecule has 0 radical (unpaired) electrons. The minimum absolute atomic E-state index is 0.116. The van der Waals surface area contributed by atoms with E-state index in [1.165, 1.54) is 25.2 Å². The quantitative estimate of drug-likeness (QED) is 0.470. The van der Waals surface area contributed by atoms with Gasteiger partial charge in [-0.05, 0) is 18.6 Å². The highest BCUT2D eigenvalue weighted by atomic mass is 32.2. The normalized spacial score (nSPS) is 11.7. The zero-order valence-corrected chi connectivity index (χ0v) is 15.4. The van der Waals surface area contributed by atoms with Crippen molar-refractivity contribution in [1.82, 2.24) is 14.4 Å². The third-order valence-electron chi connectivity index (χ3n) is 3.95. The first-order chi connectivity index (χ1) is 12.8. The van der Waals surface area contributed by atoms with Gasteiger partial charge in [0.05, 0.1) is 16.4 Å². The predicted molar refractivity (Wildman–Crippen MR) is 96.2 cm³/mol. The Hall–Kier alpha value is -3.11. The monoisotopic (exact) mass is 388 g/mol. The molecule has 0 fully saturated rings. The Labute approximate surface area is 155 Å². The summed E-state index contributed by atoms with van der Waals surface area (Å²) in [6, 6.07) is 12.3. The smallest absolute Gasteiger partial charge is 0.270 e. The number of aromatic nitrogens is 2. The van der Waals surface area contributed by atoms with E-state index >= 15 is 0 Å². The largest absolute Gasteiger partial charge is 0.338 e. The summed E-state index contributed by atoms with van der Waals surface area (Å²) >= 11 is 0. The molecule has 0 amide bonds. The minimum Gasteiger partial charge on any atom is -0.338 e. The van der Waals surface area contributed by atoms with Crippen LogP contribution >= 0.6 is 0 Å².